The van der Waals surface area contributed by atoms with Gasteiger partial charge in [0, 0.05) is 11.9 Å². The van der Waals surface area contributed by atoms with Crippen LogP contribution in [-0.4, -0.2) is 17.4 Å². The number of aromatic nitrogens is 1. The minimum atomic E-state index is 0.00593. The summed E-state index contributed by atoms with van der Waals surface area (Å²) in [5.41, 5.74) is 2.06. The lowest BCUT2D eigenvalue weighted by Crippen LogP contribution is -2.27. The van der Waals surface area contributed by atoms with E-state index in [1.54, 1.807) is 0 Å². The standard InChI is InChI=1S/C14H15ClN2OS/c15-9-12-10-19-14(17-12)8-13(18)16-7-6-11-4-2-1-3-5-11/h1-5,10H,6-9H2,(H,16,18). The summed E-state index contributed by atoms with van der Waals surface area (Å²) in [7, 11) is 0. The summed E-state index contributed by atoms with van der Waals surface area (Å²) >= 11 is 7.15. The summed E-state index contributed by atoms with van der Waals surface area (Å²) in [4.78, 5) is 16.0. The molecule has 1 aromatic carbocycles. The van der Waals surface area contributed by atoms with E-state index in [0.29, 0.717) is 18.8 Å². The number of carbonyl (C=O) groups is 1. The van der Waals surface area contributed by atoms with Crippen molar-refractivity contribution in [3.63, 3.8) is 0 Å². The van der Waals surface area contributed by atoms with E-state index in [1.807, 2.05) is 23.6 Å². The number of thiazole rings is 1. The summed E-state index contributed by atoms with van der Waals surface area (Å²) in [5.74, 6) is 0.401. The number of halogens is 1. The van der Waals surface area contributed by atoms with Crippen LogP contribution in [0.15, 0.2) is 35.7 Å². The molecule has 19 heavy (non-hydrogen) atoms. The van der Waals surface area contributed by atoms with Crippen LogP contribution in [0.1, 0.15) is 16.3 Å². The predicted octanol–water partition coefficient (Wildman–Crippen LogP) is 2.78. The van der Waals surface area contributed by atoms with Crippen molar-refractivity contribution < 1.29 is 4.79 Å². The van der Waals surface area contributed by atoms with Crippen molar-refractivity contribution in [2.24, 2.45) is 0 Å². The van der Waals surface area contributed by atoms with E-state index in [4.69, 9.17) is 11.6 Å². The highest BCUT2D eigenvalue weighted by molar-refractivity contribution is 7.09. The fraction of sp³-hybridized carbons (Fsp3) is 0.286. The smallest absolute Gasteiger partial charge is 0.226 e. The van der Waals surface area contributed by atoms with Crippen molar-refractivity contribution in [3.8, 4) is 0 Å². The molecule has 0 radical (unpaired) electrons. The van der Waals surface area contributed by atoms with Gasteiger partial charge in [-0.2, -0.15) is 0 Å². The molecule has 0 atom stereocenters. The summed E-state index contributed by atoms with van der Waals surface area (Å²) < 4.78 is 0. The van der Waals surface area contributed by atoms with Crippen LogP contribution in [0.5, 0.6) is 0 Å². The van der Waals surface area contributed by atoms with Gasteiger partial charge in [0.1, 0.15) is 5.01 Å². The Bertz CT molecular complexity index is 527. The molecule has 2 aromatic rings. The molecule has 0 bridgehead atoms. The first-order chi connectivity index (χ1) is 9.28. The average molecular weight is 295 g/mol. The fourth-order valence-electron chi connectivity index (χ4n) is 1.68. The van der Waals surface area contributed by atoms with E-state index in [2.05, 4.69) is 22.4 Å². The number of rotatable bonds is 6. The van der Waals surface area contributed by atoms with Gasteiger partial charge in [0.25, 0.3) is 0 Å². The third kappa shape index (κ3) is 4.65. The Morgan fingerprint density at radius 3 is 2.79 bits per heavy atom. The minimum Gasteiger partial charge on any atom is -0.355 e. The molecule has 0 fully saturated rings. The molecule has 1 amide bonds. The molecule has 5 heteroatoms. The number of hydrogen-bond donors (Lipinski definition) is 1. The minimum absolute atomic E-state index is 0.00593. The number of hydrogen-bond acceptors (Lipinski definition) is 3. The molecule has 0 saturated carbocycles. The molecule has 0 aliphatic heterocycles. The Labute approximate surface area is 121 Å². The van der Waals surface area contributed by atoms with Gasteiger partial charge in [-0.3, -0.25) is 4.79 Å². The maximum atomic E-state index is 11.7. The van der Waals surface area contributed by atoms with E-state index < -0.39 is 0 Å². The quantitative estimate of drug-likeness (QED) is 0.833. The van der Waals surface area contributed by atoms with Crippen LogP contribution in [0.25, 0.3) is 0 Å². The second-order valence-electron chi connectivity index (χ2n) is 4.13. The molecule has 1 aromatic heterocycles. The Kier molecular flexibility index (Phi) is 5.36. The first-order valence-corrected chi connectivity index (χ1v) is 7.49. The molecule has 3 nitrogen and oxygen atoms in total. The van der Waals surface area contributed by atoms with E-state index in [0.717, 1.165) is 17.1 Å². The normalized spacial score (nSPS) is 10.4. The highest BCUT2D eigenvalue weighted by Gasteiger charge is 2.07. The first-order valence-electron chi connectivity index (χ1n) is 6.08. The van der Waals surface area contributed by atoms with Crippen LogP contribution in [-0.2, 0) is 23.5 Å². The molecule has 0 aliphatic carbocycles. The average Bonchev–Trinajstić information content (AvgIpc) is 2.87. The molecule has 0 saturated heterocycles. The third-order valence-corrected chi connectivity index (χ3v) is 3.80. The number of carbonyl (C=O) groups excluding carboxylic acids is 1. The van der Waals surface area contributed by atoms with Gasteiger partial charge in [-0.25, -0.2) is 4.98 Å². The van der Waals surface area contributed by atoms with Crippen LogP contribution >= 0.6 is 22.9 Å². The largest absolute Gasteiger partial charge is 0.355 e. The predicted molar refractivity (Wildman–Crippen MR) is 78.5 cm³/mol. The zero-order valence-electron chi connectivity index (χ0n) is 10.4. The van der Waals surface area contributed by atoms with Gasteiger partial charge in [0.15, 0.2) is 0 Å². The van der Waals surface area contributed by atoms with Gasteiger partial charge >= 0.3 is 0 Å². The van der Waals surface area contributed by atoms with Crippen molar-refractivity contribution in [2.45, 2.75) is 18.7 Å². The number of nitrogens with one attached hydrogen (secondary N) is 1. The van der Waals surface area contributed by atoms with Gasteiger partial charge in [-0.1, -0.05) is 30.3 Å². The van der Waals surface area contributed by atoms with Gasteiger partial charge in [-0.05, 0) is 12.0 Å². The summed E-state index contributed by atoms with van der Waals surface area (Å²) in [6.45, 7) is 0.649. The molecular formula is C14H15ClN2OS. The Morgan fingerprint density at radius 2 is 2.11 bits per heavy atom. The lowest BCUT2D eigenvalue weighted by Gasteiger charge is -2.04. The van der Waals surface area contributed by atoms with E-state index in [9.17, 15) is 4.79 Å². The topological polar surface area (TPSA) is 42.0 Å². The Hall–Kier alpha value is -1.39. The highest BCUT2D eigenvalue weighted by atomic mass is 35.5. The van der Waals surface area contributed by atoms with Crippen LogP contribution in [0.4, 0.5) is 0 Å². The van der Waals surface area contributed by atoms with E-state index in [-0.39, 0.29) is 5.91 Å². The van der Waals surface area contributed by atoms with E-state index >= 15 is 0 Å². The lowest BCUT2D eigenvalue weighted by atomic mass is 10.1. The maximum absolute atomic E-state index is 11.7. The van der Waals surface area contributed by atoms with Gasteiger partial charge in [0.2, 0.25) is 5.91 Å². The zero-order chi connectivity index (χ0) is 13.5. The van der Waals surface area contributed by atoms with Crippen molar-refractivity contribution in [3.05, 3.63) is 52.0 Å². The Balaban J connectivity index is 1.73. The van der Waals surface area contributed by atoms with Crippen molar-refractivity contribution in [2.75, 3.05) is 6.54 Å². The van der Waals surface area contributed by atoms with Crippen molar-refractivity contribution in [1.82, 2.24) is 10.3 Å². The van der Waals surface area contributed by atoms with Crippen molar-refractivity contribution >= 4 is 28.8 Å². The molecule has 0 spiro atoms. The SMILES string of the molecule is O=C(Cc1nc(CCl)cs1)NCCc1ccccc1. The number of nitrogens with zero attached hydrogens (tertiary/aromatic N) is 1. The van der Waals surface area contributed by atoms with Crippen LogP contribution < -0.4 is 5.32 Å². The number of benzene rings is 1. The molecule has 0 aliphatic rings. The van der Waals surface area contributed by atoms with Crippen LogP contribution in [0, 0.1) is 0 Å². The van der Waals surface area contributed by atoms with Crippen LogP contribution in [0.2, 0.25) is 0 Å². The number of alkyl halides is 1. The maximum Gasteiger partial charge on any atom is 0.226 e. The molecule has 0 unspecified atom stereocenters. The monoisotopic (exact) mass is 294 g/mol. The number of amides is 1. The summed E-state index contributed by atoms with van der Waals surface area (Å²) in [6, 6.07) is 10.1. The van der Waals surface area contributed by atoms with Gasteiger partial charge in [0.05, 0.1) is 18.0 Å². The summed E-state index contributed by atoms with van der Waals surface area (Å²) in [6.07, 6.45) is 1.17. The molecular weight excluding hydrogens is 280 g/mol. The van der Waals surface area contributed by atoms with E-state index in [1.165, 1.54) is 16.9 Å². The van der Waals surface area contributed by atoms with Crippen molar-refractivity contribution in [1.29, 1.82) is 0 Å². The molecule has 2 rings (SSSR count). The molecule has 1 N–H and O–H groups in total. The third-order valence-electron chi connectivity index (χ3n) is 2.63. The van der Waals surface area contributed by atoms with Crippen LogP contribution in [0.3, 0.4) is 0 Å². The van der Waals surface area contributed by atoms with Gasteiger partial charge in [-0.15, -0.1) is 22.9 Å². The molecule has 100 valence electrons. The molecule has 1 heterocycles. The lowest BCUT2D eigenvalue weighted by molar-refractivity contribution is -0.120. The fourth-order valence-corrected chi connectivity index (χ4v) is 2.70. The second kappa shape index (κ2) is 7.26. The highest BCUT2D eigenvalue weighted by Crippen LogP contribution is 2.12. The van der Waals surface area contributed by atoms with Gasteiger partial charge < -0.3 is 5.32 Å². The summed E-state index contributed by atoms with van der Waals surface area (Å²) in [5, 5.41) is 5.60. The first kappa shape index (κ1) is 14.0. The second-order valence-corrected chi connectivity index (χ2v) is 5.34. The Morgan fingerprint density at radius 1 is 1.32 bits per heavy atom. The zero-order valence-corrected chi connectivity index (χ0v) is 12.0.